The van der Waals surface area contributed by atoms with Gasteiger partial charge in [-0.15, -0.1) is 0 Å². The summed E-state index contributed by atoms with van der Waals surface area (Å²) in [5.74, 6) is -0.251. The lowest BCUT2D eigenvalue weighted by Gasteiger charge is -2.23. The van der Waals surface area contributed by atoms with Crippen molar-refractivity contribution in [1.29, 1.82) is 0 Å². The Morgan fingerprint density at radius 3 is 2.88 bits per heavy atom. The SMILES string of the molecule is COC(=O)C(C)(C)NCCc1cccnc1. The molecule has 0 fully saturated rings. The Morgan fingerprint density at radius 1 is 1.56 bits per heavy atom. The number of pyridine rings is 1. The Balaban J connectivity index is 2.38. The summed E-state index contributed by atoms with van der Waals surface area (Å²) < 4.78 is 4.70. The largest absolute Gasteiger partial charge is 0.468 e. The number of hydrogen-bond acceptors (Lipinski definition) is 4. The highest BCUT2D eigenvalue weighted by Crippen LogP contribution is 2.05. The van der Waals surface area contributed by atoms with Crippen LogP contribution < -0.4 is 5.32 Å². The molecule has 0 bridgehead atoms. The van der Waals surface area contributed by atoms with Crippen LogP contribution in [-0.2, 0) is 16.0 Å². The van der Waals surface area contributed by atoms with Gasteiger partial charge in [0.25, 0.3) is 0 Å². The number of methoxy groups -OCH3 is 1. The molecule has 16 heavy (non-hydrogen) atoms. The molecule has 0 aliphatic carbocycles. The first-order valence-corrected chi connectivity index (χ1v) is 5.28. The number of rotatable bonds is 5. The van der Waals surface area contributed by atoms with Crippen molar-refractivity contribution in [2.45, 2.75) is 25.8 Å². The standard InChI is InChI=1S/C12H18N2O2/c1-12(2,11(15)16-3)14-8-6-10-5-4-7-13-9-10/h4-5,7,9,14H,6,8H2,1-3H3. The Bertz CT molecular complexity index is 336. The fourth-order valence-electron chi connectivity index (χ4n) is 1.39. The first-order valence-electron chi connectivity index (χ1n) is 5.28. The predicted molar refractivity (Wildman–Crippen MR) is 62.0 cm³/mol. The number of nitrogens with one attached hydrogen (secondary N) is 1. The zero-order valence-electron chi connectivity index (χ0n) is 9.99. The molecular formula is C12H18N2O2. The smallest absolute Gasteiger partial charge is 0.325 e. The lowest BCUT2D eigenvalue weighted by molar-refractivity contribution is -0.147. The molecule has 0 aromatic carbocycles. The number of ether oxygens (including phenoxy) is 1. The molecule has 1 rings (SSSR count). The minimum Gasteiger partial charge on any atom is -0.468 e. The maximum absolute atomic E-state index is 11.4. The van der Waals surface area contributed by atoms with E-state index < -0.39 is 5.54 Å². The molecule has 88 valence electrons. The summed E-state index contributed by atoms with van der Waals surface area (Å²) in [7, 11) is 1.40. The van der Waals surface area contributed by atoms with Gasteiger partial charge in [0.1, 0.15) is 5.54 Å². The fraction of sp³-hybridized carbons (Fsp3) is 0.500. The maximum Gasteiger partial charge on any atom is 0.325 e. The third-order valence-corrected chi connectivity index (χ3v) is 2.40. The molecule has 0 aliphatic rings. The van der Waals surface area contributed by atoms with E-state index in [1.165, 1.54) is 7.11 Å². The topological polar surface area (TPSA) is 51.2 Å². The molecule has 0 aliphatic heterocycles. The van der Waals surface area contributed by atoms with Crippen LogP contribution in [0.25, 0.3) is 0 Å². The van der Waals surface area contributed by atoms with E-state index in [0.29, 0.717) is 6.54 Å². The number of esters is 1. The number of nitrogens with zero attached hydrogens (tertiary/aromatic N) is 1. The van der Waals surface area contributed by atoms with Crippen molar-refractivity contribution in [2.75, 3.05) is 13.7 Å². The molecule has 0 saturated heterocycles. The van der Waals surface area contributed by atoms with Crippen molar-refractivity contribution in [2.24, 2.45) is 0 Å². The van der Waals surface area contributed by atoms with Crippen LogP contribution in [0.3, 0.4) is 0 Å². The minimum absolute atomic E-state index is 0.251. The fourth-order valence-corrected chi connectivity index (χ4v) is 1.39. The second-order valence-corrected chi connectivity index (χ2v) is 4.15. The molecule has 0 spiro atoms. The van der Waals surface area contributed by atoms with Gasteiger partial charge in [-0.3, -0.25) is 9.78 Å². The average Bonchev–Trinajstić information content (AvgIpc) is 2.29. The molecule has 1 N–H and O–H groups in total. The summed E-state index contributed by atoms with van der Waals surface area (Å²) in [6, 6.07) is 3.92. The summed E-state index contributed by atoms with van der Waals surface area (Å²) in [5, 5.41) is 3.16. The van der Waals surface area contributed by atoms with Gasteiger partial charge >= 0.3 is 5.97 Å². The molecule has 0 amide bonds. The minimum atomic E-state index is -0.642. The Hall–Kier alpha value is -1.42. The van der Waals surface area contributed by atoms with E-state index in [9.17, 15) is 4.79 Å². The van der Waals surface area contributed by atoms with E-state index in [-0.39, 0.29) is 5.97 Å². The number of hydrogen-bond donors (Lipinski definition) is 1. The molecule has 0 unspecified atom stereocenters. The van der Waals surface area contributed by atoms with Gasteiger partial charge in [0.15, 0.2) is 0 Å². The number of aromatic nitrogens is 1. The van der Waals surface area contributed by atoms with Crippen LogP contribution in [0.4, 0.5) is 0 Å². The van der Waals surface area contributed by atoms with E-state index in [0.717, 1.165) is 12.0 Å². The van der Waals surface area contributed by atoms with Crippen LogP contribution in [0.1, 0.15) is 19.4 Å². The molecule has 4 nitrogen and oxygen atoms in total. The van der Waals surface area contributed by atoms with E-state index in [1.54, 1.807) is 6.20 Å². The predicted octanol–water partition coefficient (Wildman–Crippen LogP) is 1.17. The first kappa shape index (κ1) is 12.6. The van der Waals surface area contributed by atoms with Gasteiger partial charge in [-0.1, -0.05) is 6.07 Å². The van der Waals surface area contributed by atoms with Crippen LogP contribution in [0.2, 0.25) is 0 Å². The van der Waals surface area contributed by atoms with Crippen LogP contribution in [-0.4, -0.2) is 30.1 Å². The van der Waals surface area contributed by atoms with Gasteiger partial charge in [0.2, 0.25) is 0 Å². The third-order valence-electron chi connectivity index (χ3n) is 2.40. The van der Waals surface area contributed by atoms with Gasteiger partial charge in [-0.2, -0.15) is 0 Å². The molecule has 0 atom stereocenters. The van der Waals surface area contributed by atoms with Crippen molar-refractivity contribution in [3.05, 3.63) is 30.1 Å². The first-order chi connectivity index (χ1) is 7.56. The summed E-state index contributed by atoms with van der Waals surface area (Å²) in [6.07, 6.45) is 4.41. The third kappa shape index (κ3) is 3.62. The molecule has 1 aromatic heterocycles. The molecule has 4 heteroatoms. The van der Waals surface area contributed by atoms with Gasteiger partial charge in [0.05, 0.1) is 7.11 Å². The highest BCUT2D eigenvalue weighted by Gasteiger charge is 2.27. The Morgan fingerprint density at radius 2 is 2.31 bits per heavy atom. The Labute approximate surface area is 96.0 Å². The van der Waals surface area contributed by atoms with Crippen molar-refractivity contribution in [3.63, 3.8) is 0 Å². The quantitative estimate of drug-likeness (QED) is 0.760. The number of carbonyl (C=O) groups excluding carboxylic acids is 1. The van der Waals surface area contributed by atoms with Crippen LogP contribution in [0, 0.1) is 0 Å². The summed E-state index contributed by atoms with van der Waals surface area (Å²) in [5.41, 5.74) is 0.507. The van der Waals surface area contributed by atoms with Crippen molar-refractivity contribution in [1.82, 2.24) is 10.3 Å². The van der Waals surface area contributed by atoms with Crippen molar-refractivity contribution >= 4 is 5.97 Å². The average molecular weight is 222 g/mol. The van der Waals surface area contributed by atoms with Crippen LogP contribution in [0.15, 0.2) is 24.5 Å². The van der Waals surface area contributed by atoms with Gasteiger partial charge < -0.3 is 10.1 Å². The molecule has 0 radical (unpaired) electrons. The molecule has 1 heterocycles. The van der Waals surface area contributed by atoms with Crippen LogP contribution >= 0.6 is 0 Å². The molecule has 0 saturated carbocycles. The zero-order valence-corrected chi connectivity index (χ0v) is 9.99. The van der Waals surface area contributed by atoms with Gasteiger partial charge in [-0.25, -0.2) is 0 Å². The molecular weight excluding hydrogens is 204 g/mol. The number of carbonyl (C=O) groups is 1. The Kier molecular flexibility index (Phi) is 4.43. The summed E-state index contributed by atoms with van der Waals surface area (Å²) in [4.78, 5) is 15.4. The summed E-state index contributed by atoms with van der Waals surface area (Å²) >= 11 is 0. The lowest BCUT2D eigenvalue weighted by Crippen LogP contribution is -2.48. The van der Waals surface area contributed by atoms with Gasteiger partial charge in [0, 0.05) is 18.9 Å². The normalized spacial score (nSPS) is 11.2. The van der Waals surface area contributed by atoms with E-state index in [4.69, 9.17) is 4.74 Å². The highest BCUT2D eigenvalue weighted by molar-refractivity contribution is 5.79. The monoisotopic (exact) mass is 222 g/mol. The van der Waals surface area contributed by atoms with Crippen molar-refractivity contribution < 1.29 is 9.53 Å². The lowest BCUT2D eigenvalue weighted by atomic mass is 10.1. The van der Waals surface area contributed by atoms with E-state index >= 15 is 0 Å². The van der Waals surface area contributed by atoms with Gasteiger partial charge in [-0.05, 0) is 31.9 Å². The van der Waals surface area contributed by atoms with Crippen LogP contribution in [0.5, 0.6) is 0 Å². The zero-order chi connectivity index (χ0) is 12.0. The maximum atomic E-state index is 11.4. The van der Waals surface area contributed by atoms with Crippen molar-refractivity contribution in [3.8, 4) is 0 Å². The highest BCUT2D eigenvalue weighted by atomic mass is 16.5. The molecule has 1 aromatic rings. The second kappa shape index (κ2) is 5.61. The van der Waals surface area contributed by atoms with E-state index in [1.807, 2.05) is 32.2 Å². The van der Waals surface area contributed by atoms with E-state index in [2.05, 4.69) is 10.3 Å². The summed E-state index contributed by atoms with van der Waals surface area (Å²) in [6.45, 7) is 4.33. The second-order valence-electron chi connectivity index (χ2n) is 4.15.